The lowest BCUT2D eigenvalue weighted by Crippen LogP contribution is -1.98. The zero-order chi connectivity index (χ0) is 9.14. The summed E-state index contributed by atoms with van der Waals surface area (Å²) in [5, 5.41) is 0.454. The minimum absolute atomic E-state index is 0.454. The summed E-state index contributed by atoms with van der Waals surface area (Å²) >= 11 is 5.73. The van der Waals surface area contributed by atoms with Crippen LogP contribution in [0.1, 0.15) is 28.5 Å². The van der Waals surface area contributed by atoms with Gasteiger partial charge in [-0.1, -0.05) is 18.5 Å². The summed E-state index contributed by atoms with van der Waals surface area (Å²) in [5.41, 5.74) is 2.33. The average Bonchev–Trinajstić information content (AvgIpc) is 2.03. The summed E-state index contributed by atoms with van der Waals surface area (Å²) < 4.78 is 0. The van der Waals surface area contributed by atoms with Gasteiger partial charge in [-0.3, -0.25) is 4.79 Å². The van der Waals surface area contributed by atoms with E-state index in [1.54, 1.807) is 6.07 Å². The maximum Gasteiger partial charge on any atom is 0.152 e. The molecule has 2 nitrogen and oxygen atoms in total. The number of pyridine rings is 1. The number of hydrogen-bond donors (Lipinski definition) is 0. The minimum Gasteiger partial charge on any atom is -0.298 e. The van der Waals surface area contributed by atoms with Crippen molar-refractivity contribution in [3.63, 3.8) is 0 Å². The number of carbonyl (C=O) groups is 1. The van der Waals surface area contributed by atoms with Crippen LogP contribution < -0.4 is 0 Å². The highest BCUT2D eigenvalue weighted by molar-refractivity contribution is 6.29. The van der Waals surface area contributed by atoms with Crippen molar-refractivity contribution in [2.24, 2.45) is 0 Å². The lowest BCUT2D eigenvalue weighted by Gasteiger charge is -2.04. The van der Waals surface area contributed by atoms with Gasteiger partial charge in [0, 0.05) is 5.56 Å². The topological polar surface area (TPSA) is 30.0 Å². The molecular weight excluding hydrogens is 174 g/mol. The summed E-state index contributed by atoms with van der Waals surface area (Å²) in [6, 6.07) is 1.70. The van der Waals surface area contributed by atoms with Gasteiger partial charge in [-0.25, -0.2) is 4.98 Å². The molecule has 12 heavy (non-hydrogen) atoms. The van der Waals surface area contributed by atoms with Crippen molar-refractivity contribution in [2.45, 2.75) is 20.3 Å². The van der Waals surface area contributed by atoms with Gasteiger partial charge in [-0.2, -0.15) is 0 Å². The van der Waals surface area contributed by atoms with Gasteiger partial charge in [0.1, 0.15) is 5.15 Å². The third-order valence-corrected chi connectivity index (χ3v) is 1.96. The molecule has 0 aliphatic rings. The Labute approximate surface area is 76.6 Å². The molecule has 0 aliphatic heterocycles. The Morgan fingerprint density at radius 2 is 2.33 bits per heavy atom. The molecule has 0 saturated carbocycles. The number of carbonyl (C=O) groups excluding carboxylic acids is 1. The Bertz CT molecular complexity index is 310. The molecule has 1 heterocycles. The first-order chi connectivity index (χ1) is 5.69. The van der Waals surface area contributed by atoms with Crippen molar-refractivity contribution < 1.29 is 4.79 Å². The molecule has 0 fully saturated rings. The predicted molar refractivity (Wildman–Crippen MR) is 48.7 cm³/mol. The van der Waals surface area contributed by atoms with Gasteiger partial charge < -0.3 is 0 Å². The Morgan fingerprint density at radius 3 is 2.83 bits per heavy atom. The Kier molecular flexibility index (Phi) is 2.82. The van der Waals surface area contributed by atoms with Crippen LogP contribution in [0.2, 0.25) is 5.15 Å². The summed E-state index contributed by atoms with van der Waals surface area (Å²) in [4.78, 5) is 14.7. The monoisotopic (exact) mass is 183 g/mol. The first-order valence-corrected chi connectivity index (χ1v) is 4.18. The molecule has 64 valence electrons. The van der Waals surface area contributed by atoms with E-state index in [-0.39, 0.29) is 0 Å². The van der Waals surface area contributed by atoms with E-state index >= 15 is 0 Å². The summed E-state index contributed by atoms with van der Waals surface area (Å²) in [7, 11) is 0. The smallest absolute Gasteiger partial charge is 0.152 e. The maximum atomic E-state index is 10.6. The standard InChI is InChI=1S/C9H10ClNO/c1-3-8-7(5-12)6(2)4-9(10)11-8/h4-5H,3H2,1-2H3. The molecule has 0 saturated heterocycles. The summed E-state index contributed by atoms with van der Waals surface area (Å²) in [6.07, 6.45) is 1.56. The molecule has 3 heteroatoms. The minimum atomic E-state index is 0.454. The molecule has 0 spiro atoms. The van der Waals surface area contributed by atoms with E-state index in [9.17, 15) is 4.79 Å². The van der Waals surface area contributed by atoms with Gasteiger partial charge in [-0.15, -0.1) is 0 Å². The number of nitrogens with zero attached hydrogens (tertiary/aromatic N) is 1. The molecular formula is C9H10ClNO. The van der Waals surface area contributed by atoms with Crippen molar-refractivity contribution in [1.29, 1.82) is 0 Å². The largest absolute Gasteiger partial charge is 0.298 e. The van der Waals surface area contributed by atoms with Gasteiger partial charge in [0.15, 0.2) is 6.29 Å². The number of aldehydes is 1. The Balaban J connectivity index is 3.33. The molecule has 0 amide bonds. The van der Waals surface area contributed by atoms with E-state index in [1.165, 1.54) is 0 Å². The molecule has 1 aromatic heterocycles. The lowest BCUT2D eigenvalue weighted by atomic mass is 10.1. The van der Waals surface area contributed by atoms with E-state index < -0.39 is 0 Å². The molecule has 0 radical (unpaired) electrons. The highest BCUT2D eigenvalue weighted by Crippen LogP contribution is 2.15. The van der Waals surface area contributed by atoms with Crippen LogP contribution in [0.5, 0.6) is 0 Å². The number of rotatable bonds is 2. The van der Waals surface area contributed by atoms with Gasteiger partial charge >= 0.3 is 0 Å². The van der Waals surface area contributed by atoms with Gasteiger partial charge in [0.25, 0.3) is 0 Å². The second-order valence-corrected chi connectivity index (χ2v) is 2.98. The molecule has 0 atom stereocenters. The second kappa shape index (κ2) is 3.68. The Morgan fingerprint density at radius 1 is 1.67 bits per heavy atom. The normalized spacial score (nSPS) is 9.92. The predicted octanol–water partition coefficient (Wildman–Crippen LogP) is 2.42. The Hall–Kier alpha value is -0.890. The van der Waals surface area contributed by atoms with Crippen LogP contribution in [0.4, 0.5) is 0 Å². The van der Waals surface area contributed by atoms with Crippen LogP contribution in [0.25, 0.3) is 0 Å². The SMILES string of the molecule is CCc1nc(Cl)cc(C)c1C=O. The van der Waals surface area contributed by atoms with E-state index in [1.807, 2.05) is 13.8 Å². The number of aromatic nitrogens is 1. The average molecular weight is 184 g/mol. The van der Waals surface area contributed by atoms with Crippen LogP contribution in [-0.2, 0) is 6.42 Å². The van der Waals surface area contributed by atoms with Crippen LogP contribution in [-0.4, -0.2) is 11.3 Å². The molecule has 0 unspecified atom stereocenters. The molecule has 0 aliphatic carbocycles. The lowest BCUT2D eigenvalue weighted by molar-refractivity contribution is 0.112. The van der Waals surface area contributed by atoms with Gasteiger partial charge in [0.2, 0.25) is 0 Å². The van der Waals surface area contributed by atoms with E-state index in [0.717, 1.165) is 24.0 Å². The fraction of sp³-hybridized carbons (Fsp3) is 0.333. The van der Waals surface area contributed by atoms with E-state index in [0.29, 0.717) is 10.7 Å². The summed E-state index contributed by atoms with van der Waals surface area (Å²) in [6.45, 7) is 3.81. The second-order valence-electron chi connectivity index (χ2n) is 2.59. The van der Waals surface area contributed by atoms with Crippen LogP contribution >= 0.6 is 11.6 Å². The molecule has 0 N–H and O–H groups in total. The van der Waals surface area contributed by atoms with Crippen LogP contribution in [0.3, 0.4) is 0 Å². The maximum absolute atomic E-state index is 10.6. The zero-order valence-electron chi connectivity index (χ0n) is 7.10. The quantitative estimate of drug-likeness (QED) is 0.521. The van der Waals surface area contributed by atoms with Crippen molar-refractivity contribution in [3.8, 4) is 0 Å². The first kappa shape index (κ1) is 9.20. The first-order valence-electron chi connectivity index (χ1n) is 3.80. The van der Waals surface area contributed by atoms with E-state index in [2.05, 4.69) is 4.98 Å². The van der Waals surface area contributed by atoms with Crippen molar-refractivity contribution in [2.75, 3.05) is 0 Å². The fourth-order valence-electron chi connectivity index (χ4n) is 1.14. The summed E-state index contributed by atoms with van der Waals surface area (Å²) in [5.74, 6) is 0. The molecule has 0 bridgehead atoms. The van der Waals surface area contributed by atoms with Crippen LogP contribution in [0, 0.1) is 6.92 Å². The van der Waals surface area contributed by atoms with Crippen LogP contribution in [0.15, 0.2) is 6.07 Å². The van der Waals surface area contributed by atoms with Crippen molar-refractivity contribution in [1.82, 2.24) is 4.98 Å². The zero-order valence-corrected chi connectivity index (χ0v) is 7.85. The molecule has 1 aromatic rings. The fourth-order valence-corrected chi connectivity index (χ4v) is 1.40. The highest BCUT2D eigenvalue weighted by atomic mass is 35.5. The molecule has 0 aromatic carbocycles. The highest BCUT2D eigenvalue weighted by Gasteiger charge is 2.05. The number of halogens is 1. The van der Waals surface area contributed by atoms with Crippen molar-refractivity contribution >= 4 is 17.9 Å². The van der Waals surface area contributed by atoms with Gasteiger partial charge in [0.05, 0.1) is 5.69 Å². The van der Waals surface area contributed by atoms with Gasteiger partial charge in [-0.05, 0) is 25.0 Å². The third-order valence-electron chi connectivity index (χ3n) is 1.77. The third kappa shape index (κ3) is 1.64. The van der Waals surface area contributed by atoms with E-state index in [4.69, 9.17) is 11.6 Å². The number of aryl methyl sites for hydroxylation is 2. The van der Waals surface area contributed by atoms with Crippen molar-refractivity contribution in [3.05, 3.63) is 28.0 Å². The molecule has 1 rings (SSSR count). The number of hydrogen-bond acceptors (Lipinski definition) is 2.